The number of hydrogen-bond acceptors (Lipinski definition) is 3. The highest BCUT2D eigenvalue weighted by molar-refractivity contribution is 5.97. The van der Waals surface area contributed by atoms with Gasteiger partial charge >= 0.3 is 0 Å². The van der Waals surface area contributed by atoms with Gasteiger partial charge in [0.05, 0.1) is 6.04 Å². The Morgan fingerprint density at radius 2 is 1.82 bits per heavy atom. The third kappa shape index (κ3) is 5.32. The third-order valence-electron chi connectivity index (χ3n) is 10.4. The maximum atomic E-state index is 13.1. The lowest BCUT2D eigenvalue weighted by Crippen LogP contribution is -2.57. The Morgan fingerprint density at radius 1 is 1.05 bits per heavy atom. The van der Waals surface area contributed by atoms with Gasteiger partial charge in [-0.3, -0.25) is 4.79 Å². The smallest absolute Gasteiger partial charge is 0.251 e. The molecule has 0 spiro atoms. The molecule has 39 heavy (non-hydrogen) atoms. The standard InChI is InChI=1S/C33H45N5O/c1-21-20-38(16-15-34-21)32(37-30-19-26-18-29(22(30)2)33(26,3)4)36-27-12-10-24(11-13-27)31(39)35-28-14-9-23-7-5-6-8-25(23)17-28/h5-8,10-13,21-22,26,28-30,34H,9,14-20H2,1-4H3,(H,35,39)(H,36,37)/t21-,22+,26-,28+,29-,30-/m0/s1. The molecule has 0 radical (unpaired) electrons. The number of piperazine rings is 1. The van der Waals surface area contributed by atoms with Gasteiger partial charge in [0.25, 0.3) is 5.91 Å². The average Bonchev–Trinajstić information content (AvgIpc) is 2.93. The average molecular weight is 528 g/mol. The molecule has 1 amide bonds. The Morgan fingerprint density at radius 3 is 2.54 bits per heavy atom. The zero-order valence-electron chi connectivity index (χ0n) is 24.0. The molecule has 1 saturated heterocycles. The molecule has 4 aliphatic carbocycles. The molecule has 208 valence electrons. The molecule has 4 fully saturated rings. The van der Waals surface area contributed by atoms with Gasteiger partial charge in [-0.25, -0.2) is 4.99 Å². The third-order valence-corrected chi connectivity index (χ3v) is 10.4. The highest BCUT2D eigenvalue weighted by Crippen LogP contribution is 2.61. The second-order valence-electron chi connectivity index (χ2n) is 13.2. The van der Waals surface area contributed by atoms with Gasteiger partial charge in [0.15, 0.2) is 5.96 Å². The molecule has 0 aromatic heterocycles. The molecular formula is C33H45N5O. The van der Waals surface area contributed by atoms with Crippen LogP contribution in [0.3, 0.4) is 0 Å². The molecule has 6 atom stereocenters. The maximum Gasteiger partial charge on any atom is 0.251 e. The normalized spacial score (nSPS) is 31.6. The predicted molar refractivity (Wildman–Crippen MR) is 159 cm³/mol. The molecule has 6 nitrogen and oxygen atoms in total. The van der Waals surface area contributed by atoms with E-state index in [2.05, 4.69) is 72.8 Å². The van der Waals surface area contributed by atoms with Crippen LogP contribution < -0.4 is 16.0 Å². The lowest BCUT2D eigenvalue weighted by atomic mass is 9.45. The van der Waals surface area contributed by atoms with E-state index in [4.69, 9.17) is 4.99 Å². The van der Waals surface area contributed by atoms with Crippen LogP contribution in [0.1, 0.15) is 68.4 Å². The number of amides is 1. The summed E-state index contributed by atoms with van der Waals surface area (Å²) in [6, 6.07) is 17.5. The summed E-state index contributed by atoms with van der Waals surface area (Å²) in [4.78, 5) is 20.9. The van der Waals surface area contributed by atoms with Gasteiger partial charge in [-0.05, 0) is 97.6 Å². The minimum absolute atomic E-state index is 0.00798. The number of guanidine groups is 1. The van der Waals surface area contributed by atoms with Crippen LogP contribution in [-0.4, -0.2) is 54.5 Å². The van der Waals surface area contributed by atoms with Crippen LogP contribution in [0.2, 0.25) is 0 Å². The first kappa shape index (κ1) is 26.4. The molecular weight excluding hydrogens is 482 g/mol. The van der Waals surface area contributed by atoms with Gasteiger partial charge in [-0.2, -0.15) is 0 Å². The highest BCUT2D eigenvalue weighted by Gasteiger charge is 2.56. The number of hydrogen-bond donors (Lipinski definition) is 3. The summed E-state index contributed by atoms with van der Waals surface area (Å²) in [5.74, 6) is 3.14. The number of carbonyl (C=O) groups excluding carboxylic acids is 1. The Bertz CT molecular complexity index is 1220. The highest BCUT2D eigenvalue weighted by atomic mass is 16.1. The van der Waals surface area contributed by atoms with Crippen molar-refractivity contribution in [1.29, 1.82) is 0 Å². The zero-order chi connectivity index (χ0) is 27.1. The van der Waals surface area contributed by atoms with Gasteiger partial charge in [-0.15, -0.1) is 0 Å². The fourth-order valence-corrected chi connectivity index (χ4v) is 7.69. The van der Waals surface area contributed by atoms with Gasteiger partial charge < -0.3 is 20.9 Å². The summed E-state index contributed by atoms with van der Waals surface area (Å²) in [7, 11) is 0. The van der Waals surface area contributed by atoms with Crippen molar-refractivity contribution in [3.63, 3.8) is 0 Å². The lowest BCUT2D eigenvalue weighted by Gasteiger charge is -2.61. The molecule has 7 rings (SSSR count). The predicted octanol–water partition coefficient (Wildman–Crippen LogP) is 5.11. The van der Waals surface area contributed by atoms with Crippen LogP contribution in [0, 0.1) is 23.2 Å². The summed E-state index contributed by atoms with van der Waals surface area (Å²) in [6.07, 6.45) is 5.47. The van der Waals surface area contributed by atoms with Crippen molar-refractivity contribution < 1.29 is 4.79 Å². The molecule has 2 aromatic carbocycles. The largest absolute Gasteiger partial charge is 0.349 e. The molecule has 5 aliphatic rings. The first-order valence-corrected chi connectivity index (χ1v) is 15.1. The topological polar surface area (TPSA) is 68.8 Å². The summed E-state index contributed by atoms with van der Waals surface area (Å²) in [5.41, 5.74) is 4.92. The number of carbonyl (C=O) groups is 1. The van der Waals surface area contributed by atoms with Crippen molar-refractivity contribution in [2.75, 3.05) is 25.0 Å². The number of fused-ring (bicyclic) bond motifs is 3. The fourth-order valence-electron chi connectivity index (χ4n) is 7.69. The molecule has 2 aromatic rings. The Hall–Kier alpha value is -2.86. The molecule has 1 aliphatic heterocycles. The van der Waals surface area contributed by atoms with Gasteiger partial charge in [-0.1, -0.05) is 45.0 Å². The Balaban J connectivity index is 1.14. The van der Waals surface area contributed by atoms with Crippen LogP contribution in [-0.2, 0) is 12.8 Å². The van der Waals surface area contributed by atoms with Gasteiger partial charge in [0.1, 0.15) is 0 Å². The molecule has 1 heterocycles. The fraction of sp³-hybridized carbons (Fsp3) is 0.576. The van der Waals surface area contributed by atoms with E-state index in [1.165, 1.54) is 24.0 Å². The van der Waals surface area contributed by atoms with Gasteiger partial charge in [0, 0.05) is 43.0 Å². The van der Waals surface area contributed by atoms with Gasteiger partial charge in [0.2, 0.25) is 0 Å². The number of rotatable bonds is 4. The van der Waals surface area contributed by atoms with E-state index in [1.54, 1.807) is 0 Å². The van der Waals surface area contributed by atoms with Crippen molar-refractivity contribution in [3.05, 3.63) is 65.2 Å². The van der Waals surface area contributed by atoms with Crippen LogP contribution in [0.25, 0.3) is 0 Å². The molecule has 3 saturated carbocycles. The first-order chi connectivity index (χ1) is 18.8. The number of nitrogens with one attached hydrogen (secondary N) is 3. The van der Waals surface area contributed by atoms with Crippen molar-refractivity contribution in [3.8, 4) is 0 Å². The number of nitrogens with zero attached hydrogens (tertiary/aromatic N) is 2. The zero-order valence-corrected chi connectivity index (χ0v) is 24.0. The molecule has 3 N–H and O–H groups in total. The number of aryl methyl sites for hydroxylation is 1. The lowest BCUT2D eigenvalue weighted by molar-refractivity contribution is -0.108. The molecule has 2 bridgehead atoms. The van der Waals surface area contributed by atoms with Crippen LogP contribution in [0.5, 0.6) is 0 Å². The van der Waals surface area contributed by atoms with E-state index in [1.807, 2.05) is 24.3 Å². The second kappa shape index (κ2) is 10.6. The van der Waals surface area contributed by atoms with E-state index in [-0.39, 0.29) is 11.9 Å². The SMILES string of the molecule is C[C@H]1[C@@H](N=C(Nc2ccc(C(=O)N[C@@H]3CCc4ccccc4C3)cc2)N2CCN[C@@H](C)C2)C[C@@H]2C[C@@H]1C2(C)C. The second-order valence-corrected chi connectivity index (χ2v) is 13.2. The molecule has 6 heteroatoms. The minimum atomic E-state index is 0.00798. The van der Waals surface area contributed by atoms with Crippen LogP contribution in [0.4, 0.5) is 5.69 Å². The quantitative estimate of drug-likeness (QED) is 0.382. The minimum Gasteiger partial charge on any atom is -0.349 e. The first-order valence-electron chi connectivity index (χ1n) is 15.1. The van der Waals surface area contributed by atoms with Crippen LogP contribution >= 0.6 is 0 Å². The number of aliphatic imine (C=N–C) groups is 1. The van der Waals surface area contributed by atoms with Crippen molar-refractivity contribution in [1.82, 2.24) is 15.5 Å². The van der Waals surface area contributed by atoms with E-state index < -0.39 is 0 Å². The summed E-state index contributed by atoms with van der Waals surface area (Å²) in [6.45, 7) is 12.4. The van der Waals surface area contributed by atoms with Crippen molar-refractivity contribution in [2.24, 2.45) is 28.2 Å². The van der Waals surface area contributed by atoms with E-state index in [9.17, 15) is 4.79 Å². The van der Waals surface area contributed by atoms with Crippen LogP contribution in [0.15, 0.2) is 53.5 Å². The summed E-state index contributed by atoms with van der Waals surface area (Å²) >= 11 is 0. The molecule has 0 unspecified atom stereocenters. The maximum absolute atomic E-state index is 13.1. The monoisotopic (exact) mass is 527 g/mol. The summed E-state index contributed by atoms with van der Waals surface area (Å²) < 4.78 is 0. The Labute approximate surface area is 234 Å². The van der Waals surface area contributed by atoms with Crippen molar-refractivity contribution >= 4 is 17.6 Å². The summed E-state index contributed by atoms with van der Waals surface area (Å²) in [5, 5.41) is 10.5. The number of benzene rings is 2. The van der Waals surface area contributed by atoms with E-state index in [0.29, 0.717) is 29.0 Å². The van der Waals surface area contributed by atoms with Crippen molar-refractivity contribution in [2.45, 2.75) is 77.9 Å². The van der Waals surface area contributed by atoms with E-state index in [0.717, 1.165) is 62.4 Å². The number of anilines is 1. The van der Waals surface area contributed by atoms with E-state index >= 15 is 0 Å². The Kier molecular flexibility index (Phi) is 7.17.